The molecule has 1 amide bonds. The standard InChI is InChI=1S/C6H5F3N4O3/c7-6(8,9)4(15)16-5-11-1-2(12-5)3(14)13-10/h1H,10H2,(H,11,12)(H,13,14). The number of carbonyl (C=O) groups excluding carboxylic acids is 2. The van der Waals surface area contributed by atoms with Gasteiger partial charge in [-0.3, -0.25) is 10.2 Å². The number of nitrogen functional groups attached to an aromatic ring is 1. The molecule has 1 aromatic rings. The van der Waals surface area contributed by atoms with Gasteiger partial charge in [0.1, 0.15) is 5.69 Å². The van der Waals surface area contributed by atoms with Crippen molar-refractivity contribution in [3.8, 4) is 6.01 Å². The summed E-state index contributed by atoms with van der Waals surface area (Å²) in [4.78, 5) is 26.4. The zero-order chi connectivity index (χ0) is 12.3. The van der Waals surface area contributed by atoms with E-state index in [4.69, 9.17) is 5.84 Å². The number of hydrogen-bond acceptors (Lipinski definition) is 5. The summed E-state index contributed by atoms with van der Waals surface area (Å²) in [5.41, 5.74) is 1.46. The number of nitrogens with two attached hydrogens (primary N) is 1. The molecule has 1 aromatic heterocycles. The minimum atomic E-state index is -5.14. The van der Waals surface area contributed by atoms with Crippen molar-refractivity contribution < 1.29 is 27.5 Å². The van der Waals surface area contributed by atoms with E-state index in [1.54, 1.807) is 5.43 Å². The smallest absolute Gasteiger partial charge is 0.385 e. The van der Waals surface area contributed by atoms with Crippen LogP contribution in [0.3, 0.4) is 0 Å². The lowest BCUT2D eigenvalue weighted by molar-refractivity contribution is -0.190. The number of nitrogens with one attached hydrogen (secondary N) is 2. The highest BCUT2D eigenvalue weighted by Gasteiger charge is 2.42. The van der Waals surface area contributed by atoms with E-state index in [1.807, 2.05) is 4.98 Å². The molecule has 7 nitrogen and oxygen atoms in total. The number of aromatic nitrogens is 2. The van der Waals surface area contributed by atoms with Crippen molar-refractivity contribution in [3.63, 3.8) is 0 Å². The number of nitrogens with zero attached hydrogens (tertiary/aromatic N) is 1. The largest absolute Gasteiger partial charge is 0.491 e. The summed E-state index contributed by atoms with van der Waals surface area (Å²) < 4.78 is 39.1. The molecule has 16 heavy (non-hydrogen) atoms. The van der Waals surface area contributed by atoms with E-state index in [2.05, 4.69) is 9.72 Å². The zero-order valence-electron chi connectivity index (χ0n) is 7.46. The number of imidazole rings is 1. The predicted octanol–water partition coefficient (Wildman–Crippen LogP) is -0.519. The van der Waals surface area contributed by atoms with Crippen molar-refractivity contribution in [2.24, 2.45) is 5.84 Å². The van der Waals surface area contributed by atoms with Gasteiger partial charge in [0.15, 0.2) is 0 Å². The van der Waals surface area contributed by atoms with Gasteiger partial charge in [-0.05, 0) is 0 Å². The molecule has 0 saturated heterocycles. The van der Waals surface area contributed by atoms with Gasteiger partial charge in [0.2, 0.25) is 0 Å². The number of ether oxygens (including phenoxy) is 1. The Morgan fingerprint density at radius 1 is 1.50 bits per heavy atom. The van der Waals surface area contributed by atoms with Gasteiger partial charge in [0, 0.05) is 0 Å². The van der Waals surface area contributed by atoms with Gasteiger partial charge in [-0.25, -0.2) is 15.6 Å². The number of H-pyrrole nitrogens is 1. The second kappa shape index (κ2) is 4.18. The molecule has 10 heteroatoms. The van der Waals surface area contributed by atoms with E-state index in [0.29, 0.717) is 0 Å². The highest BCUT2D eigenvalue weighted by atomic mass is 19.4. The van der Waals surface area contributed by atoms with Gasteiger partial charge in [0.25, 0.3) is 5.91 Å². The third kappa shape index (κ3) is 2.70. The van der Waals surface area contributed by atoms with Gasteiger partial charge >= 0.3 is 18.2 Å². The van der Waals surface area contributed by atoms with Crippen LogP contribution in [-0.4, -0.2) is 28.0 Å². The first-order valence-corrected chi connectivity index (χ1v) is 3.69. The number of carbonyl (C=O) groups is 2. The summed E-state index contributed by atoms with van der Waals surface area (Å²) in [6.45, 7) is 0. The molecule has 0 saturated carbocycles. The molecule has 0 aliphatic rings. The average Bonchev–Trinajstić information content (AvgIpc) is 2.63. The Kier molecular flexibility index (Phi) is 3.13. The van der Waals surface area contributed by atoms with Gasteiger partial charge < -0.3 is 9.72 Å². The van der Waals surface area contributed by atoms with E-state index in [1.165, 1.54) is 0 Å². The van der Waals surface area contributed by atoms with E-state index < -0.39 is 24.1 Å². The molecular weight excluding hydrogens is 233 g/mol. The maximum Gasteiger partial charge on any atom is 0.491 e. The first-order chi connectivity index (χ1) is 7.34. The lowest BCUT2D eigenvalue weighted by Crippen LogP contribution is -2.30. The highest BCUT2D eigenvalue weighted by Crippen LogP contribution is 2.17. The molecule has 1 heterocycles. The summed E-state index contributed by atoms with van der Waals surface area (Å²) in [7, 11) is 0. The Balaban J connectivity index is 2.73. The van der Waals surface area contributed by atoms with Crippen molar-refractivity contribution in [2.75, 3.05) is 0 Å². The molecule has 0 fully saturated rings. The van der Waals surface area contributed by atoms with Crippen molar-refractivity contribution >= 4 is 11.9 Å². The van der Waals surface area contributed by atoms with E-state index >= 15 is 0 Å². The fourth-order valence-electron chi connectivity index (χ4n) is 0.694. The van der Waals surface area contributed by atoms with Crippen LogP contribution in [0, 0.1) is 0 Å². The Labute approximate surface area is 85.7 Å². The number of esters is 1. The zero-order valence-corrected chi connectivity index (χ0v) is 7.46. The lowest BCUT2D eigenvalue weighted by Gasteiger charge is -2.03. The quantitative estimate of drug-likeness (QED) is 0.278. The SMILES string of the molecule is NNC(=O)c1cnc(OC(=O)C(F)(F)F)[nH]1. The van der Waals surface area contributed by atoms with Crippen LogP contribution in [0.4, 0.5) is 13.2 Å². The van der Waals surface area contributed by atoms with Crippen LogP contribution in [-0.2, 0) is 4.79 Å². The molecule has 4 N–H and O–H groups in total. The van der Waals surface area contributed by atoms with Gasteiger partial charge in [0.05, 0.1) is 6.20 Å². The van der Waals surface area contributed by atoms with Crippen molar-refractivity contribution in [1.29, 1.82) is 0 Å². The van der Waals surface area contributed by atoms with Crippen LogP contribution < -0.4 is 16.0 Å². The summed E-state index contributed by atoms with van der Waals surface area (Å²) in [5, 5.41) is 0. The van der Waals surface area contributed by atoms with Crippen LogP contribution in [0.15, 0.2) is 6.20 Å². The van der Waals surface area contributed by atoms with E-state index in [0.717, 1.165) is 6.20 Å². The monoisotopic (exact) mass is 238 g/mol. The van der Waals surface area contributed by atoms with Gasteiger partial charge in [-0.1, -0.05) is 0 Å². The lowest BCUT2D eigenvalue weighted by atomic mass is 10.5. The fraction of sp³-hybridized carbons (Fsp3) is 0.167. The molecular formula is C6H5F3N4O3. The molecule has 0 radical (unpaired) electrons. The number of rotatable bonds is 2. The number of hydrazine groups is 1. The van der Waals surface area contributed by atoms with Crippen LogP contribution in [0.1, 0.15) is 10.5 Å². The van der Waals surface area contributed by atoms with Crippen molar-refractivity contribution in [2.45, 2.75) is 6.18 Å². The Morgan fingerprint density at radius 2 is 2.12 bits per heavy atom. The molecule has 0 unspecified atom stereocenters. The molecule has 0 aromatic carbocycles. The van der Waals surface area contributed by atoms with Crippen LogP contribution in [0.25, 0.3) is 0 Å². The predicted molar refractivity (Wildman–Crippen MR) is 41.9 cm³/mol. The first kappa shape index (κ1) is 12.0. The summed E-state index contributed by atoms with van der Waals surface area (Å²) in [5.74, 6) is 1.49. The molecule has 0 atom stereocenters. The third-order valence-electron chi connectivity index (χ3n) is 1.35. The number of amides is 1. The molecule has 88 valence electrons. The number of hydrogen-bond donors (Lipinski definition) is 3. The molecule has 0 spiro atoms. The fourth-order valence-corrected chi connectivity index (χ4v) is 0.694. The number of alkyl halides is 3. The van der Waals surface area contributed by atoms with Gasteiger partial charge in [-0.2, -0.15) is 13.2 Å². The highest BCUT2D eigenvalue weighted by molar-refractivity contribution is 5.91. The molecule has 0 bridgehead atoms. The Morgan fingerprint density at radius 3 is 2.62 bits per heavy atom. The van der Waals surface area contributed by atoms with Crippen molar-refractivity contribution in [1.82, 2.24) is 15.4 Å². The van der Waals surface area contributed by atoms with E-state index in [9.17, 15) is 22.8 Å². The second-order valence-corrected chi connectivity index (χ2v) is 2.46. The van der Waals surface area contributed by atoms with Crippen LogP contribution in [0.5, 0.6) is 6.01 Å². The summed E-state index contributed by atoms with van der Waals surface area (Å²) in [6.07, 6.45) is -4.27. The molecule has 0 aliphatic heterocycles. The average molecular weight is 238 g/mol. The normalized spacial score (nSPS) is 11.0. The van der Waals surface area contributed by atoms with E-state index in [-0.39, 0.29) is 5.69 Å². The summed E-state index contributed by atoms with van der Waals surface area (Å²) >= 11 is 0. The number of aromatic amines is 1. The topological polar surface area (TPSA) is 110 Å². The Hall–Kier alpha value is -2.10. The van der Waals surface area contributed by atoms with Crippen LogP contribution >= 0.6 is 0 Å². The molecule has 0 aliphatic carbocycles. The Bertz CT molecular complexity index is 413. The minimum absolute atomic E-state index is 0.243. The maximum absolute atomic E-state index is 11.8. The van der Waals surface area contributed by atoms with Crippen LogP contribution in [0.2, 0.25) is 0 Å². The third-order valence-corrected chi connectivity index (χ3v) is 1.35. The second-order valence-electron chi connectivity index (χ2n) is 2.46. The number of halogens is 3. The van der Waals surface area contributed by atoms with Crippen molar-refractivity contribution in [3.05, 3.63) is 11.9 Å². The molecule has 1 rings (SSSR count). The minimum Gasteiger partial charge on any atom is -0.385 e. The van der Waals surface area contributed by atoms with Gasteiger partial charge in [-0.15, -0.1) is 0 Å². The maximum atomic E-state index is 11.8. The summed E-state index contributed by atoms with van der Waals surface area (Å²) in [6, 6.07) is -0.749. The first-order valence-electron chi connectivity index (χ1n) is 3.69.